The van der Waals surface area contributed by atoms with Crippen molar-refractivity contribution < 1.29 is 23.4 Å². The predicted octanol–water partition coefficient (Wildman–Crippen LogP) is 4.74. The van der Waals surface area contributed by atoms with Crippen LogP contribution in [-0.4, -0.2) is 30.0 Å². The molecule has 1 aliphatic rings. The van der Waals surface area contributed by atoms with Gasteiger partial charge in [0.2, 0.25) is 6.29 Å². The largest absolute Gasteiger partial charge is 0.363 e. The van der Waals surface area contributed by atoms with Gasteiger partial charge in [-0.2, -0.15) is 0 Å². The van der Waals surface area contributed by atoms with Gasteiger partial charge in [-0.1, -0.05) is 91.0 Å². The van der Waals surface area contributed by atoms with Crippen LogP contribution in [0.4, 0.5) is 8.78 Å². The van der Waals surface area contributed by atoms with E-state index in [1.807, 2.05) is 91.0 Å². The molecule has 3 aromatic carbocycles. The maximum Gasteiger partial charge on any atom is 0.300 e. The molecule has 0 amide bonds. The van der Waals surface area contributed by atoms with Crippen molar-refractivity contribution in [2.75, 3.05) is 6.61 Å². The Labute approximate surface area is 168 Å². The summed E-state index contributed by atoms with van der Waals surface area (Å²) in [6.07, 6.45) is -3.59. The Balaban J connectivity index is 1.78. The Morgan fingerprint density at radius 3 is 1.59 bits per heavy atom. The van der Waals surface area contributed by atoms with E-state index in [1.54, 1.807) is 0 Å². The molecule has 0 aliphatic carbocycles. The maximum atomic E-state index is 13.7. The summed E-state index contributed by atoms with van der Waals surface area (Å²) in [4.78, 5) is 0. The molecule has 0 spiro atoms. The number of halogens is 2. The topological polar surface area (TPSA) is 38.7 Å². The zero-order valence-electron chi connectivity index (χ0n) is 15.7. The number of aliphatic hydroxyl groups is 1. The van der Waals surface area contributed by atoms with Gasteiger partial charge in [-0.15, -0.1) is 0 Å². The minimum absolute atomic E-state index is 0.0919. The Bertz CT molecular complexity index is 820. The van der Waals surface area contributed by atoms with Crippen LogP contribution < -0.4 is 0 Å². The molecule has 5 heteroatoms. The summed E-state index contributed by atoms with van der Waals surface area (Å²) in [6.45, 7) is -0.0919. The van der Waals surface area contributed by atoms with Gasteiger partial charge < -0.3 is 14.6 Å². The van der Waals surface area contributed by atoms with E-state index in [0.29, 0.717) is 0 Å². The average Bonchev–Trinajstić information content (AvgIpc) is 3.02. The zero-order chi connectivity index (χ0) is 20.3. The quantitative estimate of drug-likeness (QED) is 0.612. The first-order valence-corrected chi connectivity index (χ1v) is 9.54. The van der Waals surface area contributed by atoms with Crippen LogP contribution in [0.2, 0.25) is 0 Å². The third kappa shape index (κ3) is 3.81. The van der Waals surface area contributed by atoms with Crippen molar-refractivity contribution in [3.05, 3.63) is 108 Å². The monoisotopic (exact) mass is 396 g/mol. The molecule has 2 atom stereocenters. The number of hydrogen-bond acceptors (Lipinski definition) is 3. The van der Waals surface area contributed by atoms with E-state index in [1.165, 1.54) is 0 Å². The van der Waals surface area contributed by atoms with E-state index < -0.39 is 30.3 Å². The van der Waals surface area contributed by atoms with Crippen LogP contribution in [0.5, 0.6) is 0 Å². The van der Waals surface area contributed by atoms with Crippen LogP contribution >= 0.6 is 0 Å². The first kappa shape index (κ1) is 19.7. The van der Waals surface area contributed by atoms with Gasteiger partial charge in [0.15, 0.2) is 0 Å². The summed E-state index contributed by atoms with van der Waals surface area (Å²) < 4.78 is 39.0. The molecule has 0 radical (unpaired) electrons. The first-order valence-electron chi connectivity index (χ1n) is 9.54. The number of ether oxygens (including phenoxy) is 2. The Morgan fingerprint density at radius 1 is 0.828 bits per heavy atom. The van der Waals surface area contributed by atoms with Crippen LogP contribution in [0.15, 0.2) is 91.0 Å². The third-order valence-corrected chi connectivity index (χ3v) is 5.21. The van der Waals surface area contributed by atoms with Crippen molar-refractivity contribution in [2.45, 2.75) is 30.3 Å². The molecular formula is C24H22F2O3. The van der Waals surface area contributed by atoms with E-state index in [9.17, 15) is 13.9 Å². The van der Waals surface area contributed by atoms with E-state index in [2.05, 4.69) is 0 Å². The van der Waals surface area contributed by atoms with Gasteiger partial charge >= 0.3 is 0 Å². The van der Waals surface area contributed by atoms with Gasteiger partial charge in [-0.05, 0) is 16.7 Å². The second-order valence-electron chi connectivity index (χ2n) is 7.17. The molecule has 0 aromatic heterocycles. The summed E-state index contributed by atoms with van der Waals surface area (Å²) in [7, 11) is 0. The van der Waals surface area contributed by atoms with Crippen molar-refractivity contribution in [1.29, 1.82) is 0 Å². The summed E-state index contributed by atoms with van der Waals surface area (Å²) in [6, 6.07) is 29.0. The molecule has 150 valence electrons. The van der Waals surface area contributed by atoms with Crippen LogP contribution in [0, 0.1) is 0 Å². The lowest BCUT2D eigenvalue weighted by Crippen LogP contribution is -2.35. The van der Waals surface area contributed by atoms with E-state index in [-0.39, 0.29) is 6.61 Å². The highest BCUT2D eigenvalue weighted by atomic mass is 19.3. The van der Waals surface area contributed by atoms with Gasteiger partial charge in [0, 0.05) is 6.42 Å². The molecule has 3 aromatic rings. The highest BCUT2D eigenvalue weighted by Crippen LogP contribution is 2.42. The summed E-state index contributed by atoms with van der Waals surface area (Å²) >= 11 is 0. The molecule has 1 aliphatic heterocycles. The zero-order valence-corrected chi connectivity index (χ0v) is 15.7. The second kappa shape index (κ2) is 8.03. The molecule has 1 fully saturated rings. The lowest BCUT2D eigenvalue weighted by Gasteiger charge is -2.36. The molecule has 1 N–H and O–H groups in total. The first-order chi connectivity index (χ1) is 14.0. The van der Waals surface area contributed by atoms with Crippen molar-refractivity contribution in [3.8, 4) is 0 Å². The van der Waals surface area contributed by atoms with Crippen LogP contribution in [0.25, 0.3) is 0 Å². The van der Waals surface area contributed by atoms with Crippen molar-refractivity contribution >= 4 is 0 Å². The van der Waals surface area contributed by atoms with E-state index >= 15 is 0 Å². The molecule has 1 saturated heterocycles. The molecule has 0 bridgehead atoms. The molecular weight excluding hydrogens is 374 g/mol. The van der Waals surface area contributed by atoms with Gasteiger partial charge in [0.1, 0.15) is 5.60 Å². The van der Waals surface area contributed by atoms with Crippen molar-refractivity contribution in [1.82, 2.24) is 0 Å². The summed E-state index contributed by atoms with van der Waals surface area (Å²) in [5, 5.41) is 9.48. The van der Waals surface area contributed by atoms with Crippen LogP contribution in [-0.2, 0) is 15.1 Å². The van der Waals surface area contributed by atoms with E-state index in [4.69, 9.17) is 9.47 Å². The highest BCUT2D eigenvalue weighted by Gasteiger charge is 2.50. The number of benzene rings is 3. The fourth-order valence-corrected chi connectivity index (χ4v) is 3.82. The lowest BCUT2D eigenvalue weighted by molar-refractivity contribution is -0.192. The lowest BCUT2D eigenvalue weighted by atomic mass is 9.80. The molecule has 1 heterocycles. The Morgan fingerprint density at radius 2 is 1.24 bits per heavy atom. The molecule has 0 saturated carbocycles. The fourth-order valence-electron chi connectivity index (χ4n) is 3.82. The number of rotatable bonds is 6. The number of hydrogen-bond donors (Lipinski definition) is 1. The van der Waals surface area contributed by atoms with Gasteiger partial charge in [0.05, 0.1) is 12.7 Å². The normalized spacial score (nSPS) is 21.2. The Hall–Kier alpha value is -2.60. The third-order valence-electron chi connectivity index (χ3n) is 5.21. The van der Waals surface area contributed by atoms with Crippen molar-refractivity contribution in [3.63, 3.8) is 0 Å². The fraction of sp³-hybridized carbons (Fsp3) is 0.250. The Kier molecular flexibility index (Phi) is 5.46. The second-order valence-corrected chi connectivity index (χ2v) is 7.17. The molecule has 29 heavy (non-hydrogen) atoms. The standard InChI is InChI=1S/C24H22F2O3/c25-23(26)16-21(29-22(23)27)17-28-24(18-10-4-1-5-11-18,19-12-6-2-7-13-19)20-14-8-3-9-15-20/h1-15,21-22,27H,16-17H2/t21-,22-/m1/s1. The van der Waals surface area contributed by atoms with E-state index in [0.717, 1.165) is 16.7 Å². The highest BCUT2D eigenvalue weighted by molar-refractivity contribution is 5.47. The molecule has 0 unspecified atom stereocenters. The average molecular weight is 396 g/mol. The van der Waals surface area contributed by atoms with Crippen LogP contribution in [0.3, 0.4) is 0 Å². The SMILES string of the molecule is O[C@@H]1O[C@@H](COC(c2ccccc2)(c2ccccc2)c2ccccc2)CC1(F)F. The van der Waals surface area contributed by atoms with Gasteiger partial charge in [-0.25, -0.2) is 8.78 Å². The minimum atomic E-state index is -3.27. The number of alkyl halides is 2. The minimum Gasteiger partial charge on any atom is -0.363 e. The molecule has 3 nitrogen and oxygen atoms in total. The predicted molar refractivity (Wildman–Crippen MR) is 106 cm³/mol. The van der Waals surface area contributed by atoms with Gasteiger partial charge in [-0.3, -0.25) is 0 Å². The maximum absolute atomic E-state index is 13.7. The molecule has 4 rings (SSSR count). The summed E-state index contributed by atoms with van der Waals surface area (Å²) in [5.41, 5.74) is 1.63. The number of aliphatic hydroxyl groups excluding tert-OH is 1. The smallest absolute Gasteiger partial charge is 0.300 e. The van der Waals surface area contributed by atoms with Crippen molar-refractivity contribution in [2.24, 2.45) is 0 Å². The summed E-state index contributed by atoms with van der Waals surface area (Å²) in [5.74, 6) is -3.27. The van der Waals surface area contributed by atoms with Crippen LogP contribution in [0.1, 0.15) is 23.1 Å². The van der Waals surface area contributed by atoms with Gasteiger partial charge in [0.25, 0.3) is 5.92 Å².